The molecule has 1 rings (SSSR count). The summed E-state index contributed by atoms with van der Waals surface area (Å²) in [4.78, 5) is 47.5. The average molecular weight is 564 g/mol. The van der Waals surface area contributed by atoms with Gasteiger partial charge in [0.05, 0.1) is 13.1 Å². The van der Waals surface area contributed by atoms with E-state index in [-0.39, 0.29) is 19.6 Å². The molecule has 0 spiro atoms. The van der Waals surface area contributed by atoms with E-state index in [1.54, 1.807) is 0 Å². The second kappa shape index (κ2) is 32.1. The quantitative estimate of drug-likeness (QED) is 0.180. The minimum atomic E-state index is -0.841. The topological polar surface area (TPSA) is 154 Å². The average Bonchev–Trinajstić information content (AvgIpc) is 2.92. The van der Waals surface area contributed by atoms with Crippen LogP contribution in [0, 0.1) is 0 Å². The molecule has 0 unspecified atom stereocenters. The van der Waals surface area contributed by atoms with Gasteiger partial charge >= 0.3 is 11.9 Å². The summed E-state index contributed by atoms with van der Waals surface area (Å²) >= 11 is 0. The predicted octanol–water partition coefficient (Wildman–Crippen LogP) is 1.85. The molecule has 12 nitrogen and oxygen atoms in total. The molecule has 0 amide bonds. The van der Waals surface area contributed by atoms with Crippen LogP contribution in [0.5, 0.6) is 0 Å². The molecule has 1 saturated heterocycles. The minimum absolute atomic E-state index is 0.00699. The smallest absolute Gasteiger partial charge is 0.317 e. The normalized spacial score (nSPS) is 16.0. The van der Waals surface area contributed by atoms with Crippen LogP contribution in [0.3, 0.4) is 0 Å². The molecular formula is C27H57N5O7. The van der Waals surface area contributed by atoms with Gasteiger partial charge in [-0.2, -0.15) is 0 Å². The highest BCUT2D eigenvalue weighted by atomic mass is 16.4. The highest BCUT2D eigenvalue weighted by Gasteiger charge is 2.18. The van der Waals surface area contributed by atoms with Crippen molar-refractivity contribution in [2.45, 2.75) is 66.2 Å². The van der Waals surface area contributed by atoms with Crippen LogP contribution in [0.2, 0.25) is 0 Å². The van der Waals surface area contributed by atoms with E-state index in [4.69, 9.17) is 14.7 Å². The Morgan fingerprint density at radius 1 is 0.718 bits per heavy atom. The second-order valence-electron chi connectivity index (χ2n) is 8.92. The van der Waals surface area contributed by atoms with E-state index in [2.05, 4.69) is 29.0 Å². The number of carbonyl (C=O) groups is 4. The van der Waals surface area contributed by atoms with Crippen molar-refractivity contribution in [3.63, 3.8) is 0 Å². The summed E-state index contributed by atoms with van der Waals surface area (Å²) in [6.45, 7) is 18.8. The van der Waals surface area contributed by atoms with Crippen molar-refractivity contribution in [3.05, 3.63) is 0 Å². The first kappa shape index (κ1) is 41.4. The highest BCUT2D eigenvalue weighted by molar-refractivity contribution is 5.69. The molecule has 0 aromatic rings. The summed E-state index contributed by atoms with van der Waals surface area (Å²) in [5.74, 6) is -1.68. The van der Waals surface area contributed by atoms with Crippen LogP contribution in [0.25, 0.3) is 0 Å². The Balaban J connectivity index is -0.00000169. The van der Waals surface area contributed by atoms with Crippen LogP contribution < -0.4 is 5.32 Å². The number of hydrogen-bond acceptors (Lipinski definition) is 9. The number of hydrogen-bond donors (Lipinski definition) is 4. The van der Waals surface area contributed by atoms with Gasteiger partial charge in [0, 0.05) is 59.0 Å². The van der Waals surface area contributed by atoms with Gasteiger partial charge in [0.2, 0.25) is 0 Å². The first-order valence-corrected chi connectivity index (χ1v) is 14.3. The van der Waals surface area contributed by atoms with Crippen LogP contribution in [0.4, 0.5) is 0 Å². The number of nitrogens with zero attached hydrogens (tertiary/aromatic N) is 4. The summed E-state index contributed by atoms with van der Waals surface area (Å²) in [5.41, 5.74) is 0. The van der Waals surface area contributed by atoms with Crippen molar-refractivity contribution < 1.29 is 34.5 Å². The van der Waals surface area contributed by atoms with Crippen molar-refractivity contribution in [2.75, 3.05) is 85.2 Å². The molecule has 39 heavy (non-hydrogen) atoms. The van der Waals surface area contributed by atoms with Crippen molar-refractivity contribution in [1.29, 1.82) is 0 Å². The van der Waals surface area contributed by atoms with Crippen molar-refractivity contribution in [2.24, 2.45) is 0 Å². The molecule has 1 aliphatic rings. The molecule has 0 aliphatic carbocycles. The van der Waals surface area contributed by atoms with E-state index in [0.29, 0.717) is 26.2 Å². The van der Waals surface area contributed by atoms with E-state index in [9.17, 15) is 19.8 Å². The van der Waals surface area contributed by atoms with Gasteiger partial charge in [0.25, 0.3) is 6.47 Å². The number of carbonyl (C=O) groups excluding carboxylic acids is 1. The Kier molecular flexibility index (Phi) is 34.0. The standard InChI is InChI=1S/C23H47N5O4.C2H6.CH2O2.CH2O/c1-3-5-6-7-8-9-10-24-21-28-17-12-25(4-2)11-13-26(19-22(29)30)14-15-27(16-18-28)20-23(31)32;1-2;2-1-3;1-2/h24H,3-21H2,1-2H3,(H,29,30)(H,31,32);1-2H3;1H,(H,2,3);1H2. The zero-order chi connectivity index (χ0) is 30.3. The van der Waals surface area contributed by atoms with E-state index in [1.165, 1.54) is 38.5 Å². The fourth-order valence-corrected chi connectivity index (χ4v) is 4.02. The fraction of sp³-hybridized carbons (Fsp3) is 0.852. The lowest BCUT2D eigenvalue weighted by Crippen LogP contribution is -2.49. The number of likely N-dealkylation sites (N-methyl/N-ethyl adjacent to an activating group) is 1. The maximum absolute atomic E-state index is 11.3. The Labute approximate surface area is 236 Å². The summed E-state index contributed by atoms with van der Waals surface area (Å²) in [7, 11) is 0. The summed E-state index contributed by atoms with van der Waals surface area (Å²) in [6.07, 6.45) is 7.72. The van der Waals surface area contributed by atoms with Crippen molar-refractivity contribution in [3.8, 4) is 0 Å². The Morgan fingerprint density at radius 2 is 1.08 bits per heavy atom. The Bertz CT molecular complexity index is 573. The molecular weight excluding hydrogens is 506 g/mol. The van der Waals surface area contributed by atoms with Crippen LogP contribution in [-0.2, 0) is 19.2 Å². The first-order valence-electron chi connectivity index (χ1n) is 14.3. The third-order valence-corrected chi connectivity index (χ3v) is 6.14. The molecule has 0 aromatic carbocycles. The molecule has 1 aliphatic heterocycles. The van der Waals surface area contributed by atoms with Crippen molar-refractivity contribution >= 4 is 25.2 Å². The molecule has 4 N–H and O–H groups in total. The number of aliphatic carboxylic acids is 2. The maximum atomic E-state index is 11.3. The SMILES string of the molecule is C=O.CC.CCCCCCCCNCN1CCN(CC)CCN(CC(=O)O)CCN(CC(=O)O)CC1.O=CO. The minimum Gasteiger partial charge on any atom is -0.483 e. The largest absolute Gasteiger partial charge is 0.483 e. The summed E-state index contributed by atoms with van der Waals surface area (Å²) in [6, 6.07) is 0. The molecule has 0 saturated carbocycles. The number of unbranched alkanes of at least 4 members (excludes halogenated alkanes) is 5. The van der Waals surface area contributed by atoms with Gasteiger partial charge in [0.1, 0.15) is 6.79 Å². The van der Waals surface area contributed by atoms with Crippen LogP contribution in [-0.4, -0.2) is 145 Å². The lowest BCUT2D eigenvalue weighted by Gasteiger charge is -2.33. The van der Waals surface area contributed by atoms with E-state index >= 15 is 0 Å². The number of carboxylic acids is 2. The molecule has 0 atom stereocenters. The van der Waals surface area contributed by atoms with Gasteiger partial charge in [-0.15, -0.1) is 0 Å². The molecule has 0 aromatic heterocycles. The second-order valence-corrected chi connectivity index (χ2v) is 8.92. The van der Waals surface area contributed by atoms with Crippen molar-refractivity contribution in [1.82, 2.24) is 24.9 Å². The zero-order valence-electron chi connectivity index (χ0n) is 25.0. The monoisotopic (exact) mass is 563 g/mol. The first-order chi connectivity index (χ1) is 18.9. The van der Waals surface area contributed by atoms with E-state index < -0.39 is 11.9 Å². The zero-order valence-corrected chi connectivity index (χ0v) is 25.0. The third kappa shape index (κ3) is 28.7. The molecule has 0 bridgehead atoms. The summed E-state index contributed by atoms with van der Waals surface area (Å²) in [5, 5.41) is 29.0. The van der Waals surface area contributed by atoms with Crippen LogP contribution in [0.15, 0.2) is 0 Å². The molecule has 1 heterocycles. The summed E-state index contributed by atoms with van der Waals surface area (Å²) < 4.78 is 0. The van der Waals surface area contributed by atoms with E-state index in [0.717, 1.165) is 45.9 Å². The number of rotatable bonds is 14. The Hall–Kier alpha value is -2.12. The lowest BCUT2D eigenvalue weighted by molar-refractivity contribution is -0.140. The number of nitrogens with one attached hydrogen (secondary N) is 1. The molecule has 232 valence electrons. The fourth-order valence-electron chi connectivity index (χ4n) is 4.02. The maximum Gasteiger partial charge on any atom is 0.317 e. The number of carboxylic acid groups (broad SMARTS) is 3. The van der Waals surface area contributed by atoms with Crippen LogP contribution in [0.1, 0.15) is 66.2 Å². The molecule has 12 heteroatoms. The van der Waals surface area contributed by atoms with Gasteiger partial charge in [-0.1, -0.05) is 59.8 Å². The van der Waals surface area contributed by atoms with Crippen LogP contribution >= 0.6 is 0 Å². The van der Waals surface area contributed by atoms with Gasteiger partial charge in [-0.3, -0.25) is 29.1 Å². The van der Waals surface area contributed by atoms with E-state index in [1.807, 2.05) is 30.4 Å². The van der Waals surface area contributed by atoms with Gasteiger partial charge in [-0.25, -0.2) is 0 Å². The predicted molar refractivity (Wildman–Crippen MR) is 155 cm³/mol. The lowest BCUT2D eigenvalue weighted by atomic mass is 10.1. The third-order valence-electron chi connectivity index (χ3n) is 6.14. The molecule has 1 fully saturated rings. The van der Waals surface area contributed by atoms with Gasteiger partial charge < -0.3 is 30.3 Å². The Morgan fingerprint density at radius 3 is 1.46 bits per heavy atom. The van der Waals surface area contributed by atoms with Gasteiger partial charge in [-0.05, 0) is 19.5 Å². The molecule has 0 radical (unpaired) electrons. The van der Waals surface area contributed by atoms with Gasteiger partial charge in [0.15, 0.2) is 0 Å². The highest BCUT2D eigenvalue weighted by Crippen LogP contribution is 2.04.